The van der Waals surface area contributed by atoms with Crippen molar-refractivity contribution in [2.75, 3.05) is 5.32 Å². The normalized spacial score (nSPS) is 11.6. The molecule has 3 rings (SSSR count). The number of nitro benzene ring substituents is 1. The summed E-state index contributed by atoms with van der Waals surface area (Å²) < 4.78 is 5.18. The highest BCUT2D eigenvalue weighted by Crippen LogP contribution is 2.18. The molecule has 0 aliphatic carbocycles. The number of rotatable bonds is 5. The Kier molecular flexibility index (Phi) is 5.16. The molecule has 142 valence electrons. The second kappa shape index (κ2) is 7.70. The maximum Gasteiger partial charge on any atom is 0.339 e. The van der Waals surface area contributed by atoms with Gasteiger partial charge in [-0.25, -0.2) is 4.79 Å². The van der Waals surface area contributed by atoms with E-state index in [1.165, 1.54) is 31.2 Å². The van der Waals surface area contributed by atoms with E-state index in [9.17, 15) is 24.5 Å². The summed E-state index contributed by atoms with van der Waals surface area (Å²) in [6.45, 7) is 1.38. The number of esters is 1. The van der Waals surface area contributed by atoms with Crippen LogP contribution in [0, 0.1) is 10.1 Å². The van der Waals surface area contributed by atoms with Crippen molar-refractivity contribution in [3.63, 3.8) is 0 Å². The van der Waals surface area contributed by atoms with Crippen LogP contribution in [0.15, 0.2) is 59.4 Å². The number of aromatic amines is 1. The number of anilines is 1. The van der Waals surface area contributed by atoms with Gasteiger partial charge in [-0.05, 0) is 25.1 Å². The number of benzene rings is 2. The molecule has 1 aromatic heterocycles. The first-order chi connectivity index (χ1) is 13.3. The number of pyridine rings is 1. The van der Waals surface area contributed by atoms with E-state index in [2.05, 4.69) is 10.3 Å². The standard InChI is InChI=1S/C19H15N3O6/c1-11(18(24)20-12-6-8-13(9-7-12)22(26)27)28-19(25)15-10-17(23)21-16-5-3-2-4-14(15)16/h2-11H,1H3,(H,20,24)(H,21,23). The van der Waals surface area contributed by atoms with Crippen molar-refractivity contribution in [3.8, 4) is 0 Å². The number of ether oxygens (including phenoxy) is 1. The Balaban J connectivity index is 1.73. The molecule has 2 aromatic carbocycles. The van der Waals surface area contributed by atoms with Gasteiger partial charge in [0.15, 0.2) is 6.10 Å². The van der Waals surface area contributed by atoms with Crippen LogP contribution < -0.4 is 10.9 Å². The van der Waals surface area contributed by atoms with Gasteiger partial charge < -0.3 is 15.0 Å². The highest BCUT2D eigenvalue weighted by Gasteiger charge is 2.21. The summed E-state index contributed by atoms with van der Waals surface area (Å²) >= 11 is 0. The first-order valence-electron chi connectivity index (χ1n) is 8.23. The van der Waals surface area contributed by atoms with Crippen LogP contribution in [0.4, 0.5) is 11.4 Å². The molecule has 3 aromatic rings. The number of hydrogen-bond donors (Lipinski definition) is 2. The fourth-order valence-corrected chi connectivity index (χ4v) is 2.56. The third-order valence-corrected chi connectivity index (χ3v) is 3.97. The number of nitro groups is 1. The van der Waals surface area contributed by atoms with E-state index >= 15 is 0 Å². The number of fused-ring (bicyclic) bond motifs is 1. The molecule has 1 unspecified atom stereocenters. The van der Waals surface area contributed by atoms with Gasteiger partial charge in [0.25, 0.3) is 11.6 Å². The Hall–Kier alpha value is -4.01. The highest BCUT2D eigenvalue weighted by molar-refractivity contribution is 6.04. The van der Waals surface area contributed by atoms with E-state index in [1.54, 1.807) is 24.3 Å². The van der Waals surface area contributed by atoms with Gasteiger partial charge in [-0.3, -0.25) is 19.7 Å². The topological polar surface area (TPSA) is 131 Å². The molecule has 0 radical (unpaired) electrons. The predicted molar refractivity (Wildman–Crippen MR) is 101 cm³/mol. The van der Waals surface area contributed by atoms with Crippen molar-refractivity contribution in [2.24, 2.45) is 0 Å². The first kappa shape index (κ1) is 18.8. The summed E-state index contributed by atoms with van der Waals surface area (Å²) in [5.41, 5.74) is 0.270. The third-order valence-electron chi connectivity index (χ3n) is 3.97. The summed E-state index contributed by atoms with van der Waals surface area (Å²) in [5.74, 6) is -1.43. The second-order valence-corrected chi connectivity index (χ2v) is 5.93. The van der Waals surface area contributed by atoms with Crippen LogP contribution in [0.3, 0.4) is 0 Å². The Labute approximate surface area is 158 Å². The van der Waals surface area contributed by atoms with Gasteiger partial charge in [0, 0.05) is 34.8 Å². The molecule has 28 heavy (non-hydrogen) atoms. The molecule has 0 saturated carbocycles. The van der Waals surface area contributed by atoms with E-state index in [4.69, 9.17) is 4.74 Å². The predicted octanol–water partition coefficient (Wildman–Crippen LogP) is 2.62. The smallest absolute Gasteiger partial charge is 0.339 e. The molecule has 9 heteroatoms. The number of nitrogens with one attached hydrogen (secondary N) is 2. The van der Waals surface area contributed by atoms with Crippen LogP contribution in [0.25, 0.3) is 10.9 Å². The Morgan fingerprint density at radius 2 is 1.82 bits per heavy atom. The lowest BCUT2D eigenvalue weighted by molar-refractivity contribution is -0.384. The maximum atomic E-state index is 12.5. The Morgan fingerprint density at radius 1 is 1.14 bits per heavy atom. The molecule has 0 aliphatic rings. The minimum Gasteiger partial charge on any atom is -0.449 e. The lowest BCUT2D eigenvalue weighted by atomic mass is 10.1. The average molecular weight is 381 g/mol. The number of amides is 1. The minimum atomic E-state index is -1.15. The van der Waals surface area contributed by atoms with E-state index < -0.39 is 28.5 Å². The molecule has 1 amide bonds. The largest absolute Gasteiger partial charge is 0.449 e. The van der Waals surface area contributed by atoms with E-state index in [0.717, 1.165) is 6.07 Å². The molecule has 0 fully saturated rings. The number of H-pyrrole nitrogens is 1. The number of carbonyl (C=O) groups is 2. The summed E-state index contributed by atoms with van der Waals surface area (Å²) in [5, 5.41) is 13.7. The lowest BCUT2D eigenvalue weighted by Gasteiger charge is -2.14. The summed E-state index contributed by atoms with van der Waals surface area (Å²) in [7, 11) is 0. The van der Waals surface area contributed by atoms with Gasteiger partial charge in [-0.2, -0.15) is 0 Å². The van der Waals surface area contributed by atoms with Crippen LogP contribution in [0.5, 0.6) is 0 Å². The quantitative estimate of drug-likeness (QED) is 0.397. The number of aromatic nitrogens is 1. The van der Waals surface area contributed by atoms with Gasteiger partial charge in [0.1, 0.15) is 0 Å². The van der Waals surface area contributed by atoms with Gasteiger partial charge in [-0.1, -0.05) is 18.2 Å². The van der Waals surface area contributed by atoms with E-state index in [1.807, 2.05) is 0 Å². The third kappa shape index (κ3) is 4.04. The molecule has 0 aliphatic heterocycles. The number of non-ortho nitro benzene ring substituents is 1. The molecular weight excluding hydrogens is 366 g/mol. The number of nitrogens with zero attached hydrogens (tertiary/aromatic N) is 1. The first-order valence-corrected chi connectivity index (χ1v) is 8.23. The lowest BCUT2D eigenvalue weighted by Crippen LogP contribution is -2.30. The number of carbonyl (C=O) groups excluding carboxylic acids is 2. The Morgan fingerprint density at radius 3 is 2.50 bits per heavy atom. The van der Waals surface area contributed by atoms with Crippen molar-refractivity contribution in [1.29, 1.82) is 0 Å². The highest BCUT2D eigenvalue weighted by atomic mass is 16.6. The maximum absolute atomic E-state index is 12.5. The van der Waals surface area contributed by atoms with Gasteiger partial charge in [0.05, 0.1) is 10.5 Å². The zero-order chi connectivity index (χ0) is 20.3. The van der Waals surface area contributed by atoms with Crippen LogP contribution in [-0.4, -0.2) is 27.9 Å². The van der Waals surface area contributed by atoms with Crippen molar-refractivity contribution in [3.05, 3.63) is 80.6 Å². The zero-order valence-electron chi connectivity index (χ0n) is 14.7. The molecule has 1 heterocycles. The van der Waals surface area contributed by atoms with Crippen LogP contribution in [-0.2, 0) is 9.53 Å². The SMILES string of the molecule is CC(OC(=O)c1cc(=O)[nH]c2ccccc12)C(=O)Nc1ccc([N+](=O)[O-])cc1. The second-order valence-electron chi connectivity index (χ2n) is 5.93. The van der Waals surface area contributed by atoms with E-state index in [-0.39, 0.29) is 11.3 Å². The average Bonchev–Trinajstić information content (AvgIpc) is 2.67. The monoisotopic (exact) mass is 381 g/mol. The minimum absolute atomic E-state index is 0.0503. The van der Waals surface area contributed by atoms with Crippen molar-refractivity contribution in [1.82, 2.24) is 4.98 Å². The molecule has 0 spiro atoms. The van der Waals surface area contributed by atoms with Gasteiger partial charge in [-0.15, -0.1) is 0 Å². The van der Waals surface area contributed by atoms with Gasteiger partial charge >= 0.3 is 5.97 Å². The Bertz CT molecular complexity index is 1120. The molecule has 0 saturated heterocycles. The number of para-hydroxylation sites is 1. The summed E-state index contributed by atoms with van der Waals surface area (Å²) in [6, 6.07) is 13.1. The van der Waals surface area contributed by atoms with Crippen molar-refractivity contribution >= 4 is 34.2 Å². The molecular formula is C19H15N3O6. The summed E-state index contributed by atoms with van der Waals surface area (Å²) in [4.78, 5) is 49.2. The molecule has 0 bridgehead atoms. The van der Waals surface area contributed by atoms with Crippen molar-refractivity contribution in [2.45, 2.75) is 13.0 Å². The zero-order valence-corrected chi connectivity index (χ0v) is 14.7. The van der Waals surface area contributed by atoms with Crippen molar-refractivity contribution < 1.29 is 19.2 Å². The van der Waals surface area contributed by atoms with Gasteiger partial charge in [0.2, 0.25) is 5.56 Å². The van der Waals surface area contributed by atoms with Crippen LogP contribution in [0.1, 0.15) is 17.3 Å². The molecule has 1 atom stereocenters. The molecule has 9 nitrogen and oxygen atoms in total. The fraction of sp³-hybridized carbons (Fsp3) is 0.105. The molecule has 2 N–H and O–H groups in total. The van der Waals surface area contributed by atoms with E-state index in [0.29, 0.717) is 16.6 Å². The van der Waals surface area contributed by atoms with Crippen LogP contribution in [0.2, 0.25) is 0 Å². The van der Waals surface area contributed by atoms with Crippen LogP contribution >= 0.6 is 0 Å². The summed E-state index contributed by atoms with van der Waals surface area (Å²) in [6.07, 6.45) is -1.15. The fourth-order valence-electron chi connectivity index (χ4n) is 2.56. The number of hydrogen-bond acceptors (Lipinski definition) is 6.